The van der Waals surface area contributed by atoms with Gasteiger partial charge in [0.2, 0.25) is 0 Å². The Balaban J connectivity index is 1.57. The molecule has 1 fully saturated rings. The summed E-state index contributed by atoms with van der Waals surface area (Å²) in [6.45, 7) is 5.42. The van der Waals surface area contributed by atoms with E-state index in [1.54, 1.807) is 6.07 Å². The Bertz CT molecular complexity index is 840. The van der Waals surface area contributed by atoms with Gasteiger partial charge in [0.05, 0.1) is 11.6 Å². The van der Waals surface area contributed by atoms with E-state index in [0.717, 1.165) is 29.8 Å². The third-order valence-corrected chi connectivity index (χ3v) is 5.04. The fourth-order valence-electron chi connectivity index (χ4n) is 3.27. The van der Waals surface area contributed by atoms with Crippen molar-refractivity contribution in [2.24, 2.45) is 0 Å². The first-order valence-corrected chi connectivity index (χ1v) is 9.15. The molecule has 1 atom stereocenters. The number of hydrogen-bond donors (Lipinski definition) is 1. The molecule has 0 radical (unpaired) electrons. The van der Waals surface area contributed by atoms with E-state index in [1.807, 2.05) is 45.0 Å². The van der Waals surface area contributed by atoms with Crippen LogP contribution in [0, 0.1) is 13.8 Å². The van der Waals surface area contributed by atoms with Crippen molar-refractivity contribution in [2.45, 2.75) is 45.7 Å². The first-order chi connectivity index (χ1) is 12.4. The number of nitrogens with one attached hydrogen (secondary N) is 1. The molecule has 0 unspecified atom stereocenters. The number of halogens is 1. The molecule has 0 spiro atoms. The van der Waals surface area contributed by atoms with E-state index in [4.69, 9.17) is 16.3 Å². The van der Waals surface area contributed by atoms with Crippen LogP contribution in [-0.2, 0) is 9.53 Å². The largest absolute Gasteiger partial charge is 0.452 e. The molecule has 1 aliphatic carbocycles. The number of aromatic nitrogens is 1. The Morgan fingerprint density at radius 2 is 2.00 bits per heavy atom. The monoisotopic (exact) mass is 374 g/mol. The molecule has 5 nitrogen and oxygen atoms in total. The van der Waals surface area contributed by atoms with Gasteiger partial charge in [0.15, 0.2) is 6.61 Å². The second-order valence-electron chi connectivity index (χ2n) is 6.77. The van der Waals surface area contributed by atoms with Gasteiger partial charge in [-0.1, -0.05) is 29.8 Å². The molecule has 138 valence electrons. The number of esters is 1. The van der Waals surface area contributed by atoms with Crippen molar-refractivity contribution in [3.05, 3.63) is 57.9 Å². The van der Waals surface area contributed by atoms with Crippen molar-refractivity contribution in [3.8, 4) is 0 Å². The molecule has 0 saturated heterocycles. The Hall–Kier alpha value is -2.27. The zero-order valence-electron chi connectivity index (χ0n) is 15.2. The summed E-state index contributed by atoms with van der Waals surface area (Å²) in [6.07, 6.45) is 2.29. The summed E-state index contributed by atoms with van der Waals surface area (Å²) in [5.41, 5.74) is 3.30. The van der Waals surface area contributed by atoms with Gasteiger partial charge in [-0.15, -0.1) is 0 Å². The quantitative estimate of drug-likeness (QED) is 0.773. The van der Waals surface area contributed by atoms with Gasteiger partial charge < -0.3 is 14.6 Å². The van der Waals surface area contributed by atoms with Crippen molar-refractivity contribution < 1.29 is 14.3 Å². The van der Waals surface area contributed by atoms with Gasteiger partial charge in [-0.05, 0) is 51.3 Å². The number of aryl methyl sites for hydroxylation is 1. The molecule has 6 heteroatoms. The molecule has 0 aliphatic heterocycles. The van der Waals surface area contributed by atoms with Gasteiger partial charge in [-0.2, -0.15) is 0 Å². The highest BCUT2D eigenvalue weighted by atomic mass is 35.5. The van der Waals surface area contributed by atoms with E-state index >= 15 is 0 Å². The lowest BCUT2D eigenvalue weighted by molar-refractivity contribution is -0.124. The summed E-state index contributed by atoms with van der Waals surface area (Å²) in [4.78, 5) is 24.5. The van der Waals surface area contributed by atoms with Crippen LogP contribution in [0.4, 0.5) is 0 Å². The summed E-state index contributed by atoms with van der Waals surface area (Å²) >= 11 is 6.14. The molecule has 0 bridgehead atoms. The number of carbonyl (C=O) groups excluding carboxylic acids is 2. The smallest absolute Gasteiger partial charge is 0.340 e. The average molecular weight is 375 g/mol. The van der Waals surface area contributed by atoms with Crippen molar-refractivity contribution in [1.29, 1.82) is 0 Å². The van der Waals surface area contributed by atoms with E-state index in [-0.39, 0.29) is 18.6 Å². The van der Waals surface area contributed by atoms with Crippen molar-refractivity contribution >= 4 is 23.5 Å². The lowest BCUT2D eigenvalue weighted by Crippen LogP contribution is -2.31. The van der Waals surface area contributed by atoms with E-state index in [2.05, 4.69) is 9.88 Å². The molecule has 1 aromatic carbocycles. The van der Waals surface area contributed by atoms with Gasteiger partial charge >= 0.3 is 5.97 Å². The van der Waals surface area contributed by atoms with Crippen LogP contribution in [-0.4, -0.2) is 23.1 Å². The number of ether oxygens (including phenoxy) is 1. The highest BCUT2D eigenvalue weighted by Gasteiger charge is 2.29. The molecule has 1 N–H and O–H groups in total. The molecule has 2 aromatic rings. The van der Waals surface area contributed by atoms with Crippen LogP contribution in [0.2, 0.25) is 5.02 Å². The molecule has 26 heavy (non-hydrogen) atoms. The minimum Gasteiger partial charge on any atom is -0.452 e. The lowest BCUT2D eigenvalue weighted by Gasteiger charge is -2.15. The predicted molar refractivity (Wildman–Crippen MR) is 100 cm³/mol. The van der Waals surface area contributed by atoms with Crippen LogP contribution in [0.5, 0.6) is 0 Å². The summed E-state index contributed by atoms with van der Waals surface area (Å²) in [5, 5.41) is 3.39. The van der Waals surface area contributed by atoms with E-state index in [0.29, 0.717) is 16.6 Å². The molecule has 1 saturated carbocycles. The van der Waals surface area contributed by atoms with Crippen LogP contribution in [0.25, 0.3) is 0 Å². The number of rotatable bonds is 6. The zero-order chi connectivity index (χ0) is 18.8. The van der Waals surface area contributed by atoms with E-state index in [1.165, 1.54) is 0 Å². The summed E-state index contributed by atoms with van der Waals surface area (Å²) in [7, 11) is 0. The summed E-state index contributed by atoms with van der Waals surface area (Å²) < 4.78 is 7.39. The Morgan fingerprint density at radius 1 is 1.31 bits per heavy atom. The van der Waals surface area contributed by atoms with Crippen molar-refractivity contribution in [2.75, 3.05) is 6.61 Å². The predicted octanol–water partition coefficient (Wildman–Crippen LogP) is 4.13. The zero-order valence-corrected chi connectivity index (χ0v) is 16.0. The average Bonchev–Trinajstić information content (AvgIpc) is 3.38. The highest BCUT2D eigenvalue weighted by Crippen LogP contribution is 2.38. The van der Waals surface area contributed by atoms with Gasteiger partial charge in [0.25, 0.3) is 5.91 Å². The number of amides is 1. The fourth-order valence-corrected chi connectivity index (χ4v) is 3.57. The van der Waals surface area contributed by atoms with Gasteiger partial charge in [-0.3, -0.25) is 4.79 Å². The Kier molecular flexibility index (Phi) is 5.37. The van der Waals surface area contributed by atoms with Crippen LogP contribution in [0.3, 0.4) is 0 Å². The summed E-state index contributed by atoms with van der Waals surface area (Å²) in [5.74, 6) is -0.827. The Labute approximate surface area is 158 Å². The van der Waals surface area contributed by atoms with Crippen LogP contribution < -0.4 is 5.32 Å². The van der Waals surface area contributed by atoms with Gasteiger partial charge in [-0.25, -0.2) is 4.79 Å². The molecule has 1 heterocycles. The molecular formula is C20H23ClN2O3. The topological polar surface area (TPSA) is 60.3 Å². The SMILES string of the molecule is Cc1cc(C(=O)OCC(=O)N[C@H](C)c2ccccc2Cl)c(C)n1C1CC1. The normalized spacial score (nSPS) is 14.8. The molecule has 1 aromatic heterocycles. The standard InChI is InChI=1S/C20H23ClN2O3/c1-12-10-17(14(3)23(12)15-8-9-15)20(25)26-11-19(24)22-13(2)16-6-4-5-7-18(16)21/h4-7,10,13,15H,8-9,11H2,1-3H3,(H,22,24)/t13-/m1/s1. The first-order valence-electron chi connectivity index (χ1n) is 8.77. The molecule has 3 rings (SSSR count). The van der Waals surface area contributed by atoms with Crippen molar-refractivity contribution in [1.82, 2.24) is 9.88 Å². The number of carbonyl (C=O) groups is 2. The van der Waals surface area contributed by atoms with Crippen LogP contribution in [0.1, 0.15) is 59.2 Å². The van der Waals surface area contributed by atoms with Gasteiger partial charge in [0.1, 0.15) is 0 Å². The molecular weight excluding hydrogens is 352 g/mol. The highest BCUT2D eigenvalue weighted by molar-refractivity contribution is 6.31. The number of benzene rings is 1. The maximum absolute atomic E-state index is 12.4. The minimum atomic E-state index is -0.467. The van der Waals surface area contributed by atoms with E-state index in [9.17, 15) is 9.59 Å². The van der Waals surface area contributed by atoms with Crippen molar-refractivity contribution in [3.63, 3.8) is 0 Å². The third-order valence-electron chi connectivity index (χ3n) is 4.70. The maximum Gasteiger partial charge on any atom is 0.340 e. The fraction of sp³-hybridized carbons (Fsp3) is 0.400. The first kappa shape index (κ1) is 18.5. The Morgan fingerprint density at radius 3 is 2.65 bits per heavy atom. The van der Waals surface area contributed by atoms with E-state index < -0.39 is 5.97 Å². The maximum atomic E-state index is 12.4. The lowest BCUT2D eigenvalue weighted by atomic mass is 10.1. The number of hydrogen-bond acceptors (Lipinski definition) is 3. The number of nitrogens with zero attached hydrogens (tertiary/aromatic N) is 1. The molecule has 1 aliphatic rings. The second-order valence-corrected chi connectivity index (χ2v) is 7.18. The van der Waals surface area contributed by atoms with Crippen LogP contribution in [0.15, 0.2) is 30.3 Å². The van der Waals surface area contributed by atoms with Crippen LogP contribution >= 0.6 is 11.6 Å². The second kappa shape index (κ2) is 7.54. The minimum absolute atomic E-state index is 0.269. The van der Waals surface area contributed by atoms with Gasteiger partial charge in [0, 0.05) is 22.5 Å². The summed E-state index contributed by atoms with van der Waals surface area (Å²) in [6, 6.07) is 9.38. The third kappa shape index (κ3) is 3.93. The molecule has 1 amide bonds.